The van der Waals surface area contributed by atoms with Crippen LogP contribution in [0.5, 0.6) is 5.75 Å². The lowest BCUT2D eigenvalue weighted by atomic mass is 10.1. The Kier molecular flexibility index (Phi) is 4.35. The Morgan fingerprint density at radius 1 is 1.00 bits per heavy atom. The van der Waals surface area contributed by atoms with Crippen LogP contribution in [0.3, 0.4) is 0 Å². The number of rotatable bonds is 4. The molecule has 0 N–H and O–H groups in total. The highest BCUT2D eigenvalue weighted by molar-refractivity contribution is 6.01. The topological polar surface area (TPSA) is 21.6 Å². The molecule has 0 unspecified atom stereocenters. The van der Waals surface area contributed by atoms with Crippen LogP contribution in [0, 0.1) is 6.92 Å². The van der Waals surface area contributed by atoms with E-state index in [1.807, 2.05) is 12.1 Å². The van der Waals surface area contributed by atoms with Gasteiger partial charge in [-0.05, 0) is 55.3 Å². The molecule has 0 aromatic heterocycles. The van der Waals surface area contributed by atoms with Crippen molar-refractivity contribution in [1.82, 2.24) is 0 Å². The molecule has 0 amide bonds. The van der Waals surface area contributed by atoms with Crippen LogP contribution < -0.4 is 4.74 Å². The summed E-state index contributed by atoms with van der Waals surface area (Å²) >= 11 is 0. The number of hydrogen-bond donors (Lipinski definition) is 0. The summed E-state index contributed by atoms with van der Waals surface area (Å²) in [5.74, 6) is 0.870. The third-order valence-electron chi connectivity index (χ3n) is 3.06. The lowest BCUT2D eigenvalue weighted by molar-refractivity contribution is 0.415. The van der Waals surface area contributed by atoms with Gasteiger partial charge in [0.1, 0.15) is 5.75 Å². The van der Waals surface area contributed by atoms with E-state index < -0.39 is 0 Å². The first-order chi connectivity index (χ1) is 9.22. The minimum atomic E-state index is 0.870. The van der Waals surface area contributed by atoms with E-state index in [2.05, 4.69) is 50.2 Å². The molecule has 0 spiro atoms. The second-order valence-corrected chi connectivity index (χ2v) is 4.48. The van der Waals surface area contributed by atoms with Gasteiger partial charge in [-0.2, -0.15) is 0 Å². The molecule has 2 heteroatoms. The fourth-order valence-electron chi connectivity index (χ4n) is 1.91. The maximum absolute atomic E-state index is 5.17. The van der Waals surface area contributed by atoms with Crippen LogP contribution in [0.25, 0.3) is 0 Å². The number of benzene rings is 2. The first-order valence-electron chi connectivity index (χ1n) is 6.51. The van der Waals surface area contributed by atoms with Crippen molar-refractivity contribution < 1.29 is 4.74 Å². The molecule has 2 aromatic rings. The molecule has 0 radical (unpaired) electrons. The lowest BCUT2D eigenvalue weighted by Gasteiger charge is -2.06. The zero-order valence-corrected chi connectivity index (χ0v) is 11.7. The Labute approximate surface area is 114 Å². The normalized spacial score (nSPS) is 11.4. The van der Waals surface area contributed by atoms with Gasteiger partial charge in [0.05, 0.1) is 12.8 Å². The summed E-state index contributed by atoms with van der Waals surface area (Å²) in [6, 6.07) is 16.3. The van der Waals surface area contributed by atoms with Crippen LogP contribution in [0.1, 0.15) is 24.5 Å². The summed E-state index contributed by atoms with van der Waals surface area (Å²) in [5.41, 5.74) is 4.48. The van der Waals surface area contributed by atoms with Gasteiger partial charge in [-0.15, -0.1) is 0 Å². The summed E-state index contributed by atoms with van der Waals surface area (Å²) in [4.78, 5) is 4.72. The molecule has 0 saturated heterocycles. The monoisotopic (exact) mass is 253 g/mol. The molecule has 0 aliphatic carbocycles. The molecule has 2 nitrogen and oxygen atoms in total. The Balaban J connectivity index is 2.29. The molecule has 98 valence electrons. The Bertz CT molecular complexity index is 553. The Morgan fingerprint density at radius 3 is 2.16 bits per heavy atom. The van der Waals surface area contributed by atoms with Crippen molar-refractivity contribution in [2.24, 2.45) is 4.99 Å². The van der Waals surface area contributed by atoms with Crippen LogP contribution in [0.15, 0.2) is 53.5 Å². The average molecular weight is 253 g/mol. The van der Waals surface area contributed by atoms with Gasteiger partial charge in [-0.25, -0.2) is 0 Å². The predicted molar refractivity (Wildman–Crippen MR) is 80.7 cm³/mol. The minimum absolute atomic E-state index is 0.870. The van der Waals surface area contributed by atoms with E-state index in [0.29, 0.717) is 0 Å². The van der Waals surface area contributed by atoms with Gasteiger partial charge in [0.15, 0.2) is 0 Å². The van der Waals surface area contributed by atoms with E-state index >= 15 is 0 Å². The standard InChI is InChI=1S/C17H19NO/c1-4-17(14-7-11-16(19-3)12-8-14)18-15-9-5-13(2)6-10-15/h5-12H,4H2,1-3H3. The fourth-order valence-corrected chi connectivity index (χ4v) is 1.91. The fraction of sp³-hybridized carbons (Fsp3) is 0.235. The third kappa shape index (κ3) is 3.44. The van der Waals surface area contributed by atoms with Crippen LogP contribution in [0.4, 0.5) is 5.69 Å². The van der Waals surface area contributed by atoms with Gasteiger partial charge < -0.3 is 4.74 Å². The van der Waals surface area contributed by atoms with E-state index in [9.17, 15) is 0 Å². The molecule has 0 atom stereocenters. The molecule has 0 aliphatic rings. The van der Waals surface area contributed by atoms with Crippen LogP contribution in [-0.4, -0.2) is 12.8 Å². The number of methoxy groups -OCH3 is 1. The highest BCUT2D eigenvalue weighted by Crippen LogP contribution is 2.18. The maximum atomic E-state index is 5.17. The van der Waals surface area contributed by atoms with Gasteiger partial charge in [-0.3, -0.25) is 4.99 Å². The van der Waals surface area contributed by atoms with E-state index in [1.54, 1.807) is 7.11 Å². The number of aliphatic imine (C=N–C) groups is 1. The van der Waals surface area contributed by atoms with Crippen LogP contribution in [0.2, 0.25) is 0 Å². The number of ether oxygens (including phenoxy) is 1. The van der Waals surface area contributed by atoms with Crippen molar-refractivity contribution in [3.8, 4) is 5.75 Å². The number of hydrogen-bond acceptors (Lipinski definition) is 2. The average Bonchev–Trinajstić information content (AvgIpc) is 2.47. The van der Waals surface area contributed by atoms with Gasteiger partial charge in [0.2, 0.25) is 0 Å². The zero-order chi connectivity index (χ0) is 13.7. The molecule has 19 heavy (non-hydrogen) atoms. The number of nitrogens with zero attached hydrogens (tertiary/aromatic N) is 1. The number of aryl methyl sites for hydroxylation is 1. The molecule has 0 fully saturated rings. The quantitative estimate of drug-likeness (QED) is 0.733. The van der Waals surface area contributed by atoms with Crippen molar-refractivity contribution >= 4 is 11.4 Å². The molecule has 2 aromatic carbocycles. The largest absolute Gasteiger partial charge is 0.497 e. The molecule has 2 rings (SSSR count). The van der Waals surface area contributed by atoms with E-state index in [-0.39, 0.29) is 0 Å². The van der Waals surface area contributed by atoms with Crippen LogP contribution in [-0.2, 0) is 0 Å². The summed E-state index contributed by atoms with van der Waals surface area (Å²) < 4.78 is 5.17. The summed E-state index contributed by atoms with van der Waals surface area (Å²) in [6.07, 6.45) is 0.903. The molecule has 0 bridgehead atoms. The minimum Gasteiger partial charge on any atom is -0.497 e. The zero-order valence-electron chi connectivity index (χ0n) is 11.7. The van der Waals surface area contributed by atoms with Crippen molar-refractivity contribution in [2.75, 3.05) is 7.11 Å². The van der Waals surface area contributed by atoms with E-state index in [1.165, 1.54) is 5.56 Å². The molecular formula is C17H19NO. The van der Waals surface area contributed by atoms with Crippen molar-refractivity contribution in [1.29, 1.82) is 0 Å². The van der Waals surface area contributed by atoms with E-state index in [4.69, 9.17) is 9.73 Å². The Morgan fingerprint density at radius 2 is 1.63 bits per heavy atom. The van der Waals surface area contributed by atoms with Crippen LogP contribution >= 0.6 is 0 Å². The third-order valence-corrected chi connectivity index (χ3v) is 3.06. The summed E-state index contributed by atoms with van der Waals surface area (Å²) in [7, 11) is 1.68. The molecule has 0 aliphatic heterocycles. The second-order valence-electron chi connectivity index (χ2n) is 4.48. The Hall–Kier alpha value is -2.09. The SMILES string of the molecule is CCC(=Nc1ccc(C)cc1)c1ccc(OC)cc1. The highest BCUT2D eigenvalue weighted by atomic mass is 16.5. The van der Waals surface area contributed by atoms with Gasteiger partial charge >= 0.3 is 0 Å². The van der Waals surface area contributed by atoms with Gasteiger partial charge in [0.25, 0.3) is 0 Å². The second kappa shape index (κ2) is 6.19. The van der Waals surface area contributed by atoms with Crippen molar-refractivity contribution in [2.45, 2.75) is 20.3 Å². The van der Waals surface area contributed by atoms with Gasteiger partial charge in [0, 0.05) is 5.71 Å². The lowest BCUT2D eigenvalue weighted by Crippen LogP contribution is -1.98. The molecule has 0 saturated carbocycles. The van der Waals surface area contributed by atoms with E-state index in [0.717, 1.165) is 29.1 Å². The predicted octanol–water partition coefficient (Wildman–Crippen LogP) is 4.53. The molecular weight excluding hydrogens is 234 g/mol. The summed E-state index contributed by atoms with van der Waals surface area (Å²) in [6.45, 7) is 4.20. The summed E-state index contributed by atoms with van der Waals surface area (Å²) in [5, 5.41) is 0. The maximum Gasteiger partial charge on any atom is 0.118 e. The highest BCUT2D eigenvalue weighted by Gasteiger charge is 2.02. The first-order valence-corrected chi connectivity index (χ1v) is 6.51. The molecule has 0 heterocycles. The van der Waals surface area contributed by atoms with Crippen molar-refractivity contribution in [3.63, 3.8) is 0 Å². The smallest absolute Gasteiger partial charge is 0.118 e. The first kappa shape index (κ1) is 13.3. The van der Waals surface area contributed by atoms with Gasteiger partial charge in [-0.1, -0.05) is 24.6 Å². The van der Waals surface area contributed by atoms with Crippen molar-refractivity contribution in [3.05, 3.63) is 59.7 Å².